The van der Waals surface area contributed by atoms with Gasteiger partial charge >= 0.3 is 5.97 Å². The van der Waals surface area contributed by atoms with E-state index in [0.717, 1.165) is 11.1 Å². The first-order valence-corrected chi connectivity index (χ1v) is 8.37. The number of rotatable bonds is 5. The molecule has 1 heterocycles. The Hall–Kier alpha value is -2.66. The van der Waals surface area contributed by atoms with Crippen LogP contribution in [-0.4, -0.2) is 47.7 Å². The third-order valence-corrected chi connectivity index (χ3v) is 4.37. The summed E-state index contributed by atoms with van der Waals surface area (Å²) in [6.07, 6.45) is -0.548. The van der Waals surface area contributed by atoms with E-state index in [2.05, 4.69) is 0 Å². The molecule has 0 aliphatic carbocycles. The van der Waals surface area contributed by atoms with Crippen LogP contribution in [0.3, 0.4) is 0 Å². The Morgan fingerprint density at radius 3 is 2.12 bits per heavy atom. The SMILES string of the molecule is O=C(O)CC1CN(C(=O)C(c2ccccc2)c2ccccc2)CCO1. The van der Waals surface area contributed by atoms with E-state index in [0.29, 0.717) is 19.7 Å². The molecule has 2 aromatic carbocycles. The number of aliphatic carboxylic acids is 1. The van der Waals surface area contributed by atoms with Gasteiger partial charge < -0.3 is 14.7 Å². The van der Waals surface area contributed by atoms with E-state index in [1.807, 2.05) is 60.7 Å². The predicted molar refractivity (Wildman–Crippen MR) is 93.3 cm³/mol. The van der Waals surface area contributed by atoms with Crippen LogP contribution in [0.1, 0.15) is 23.5 Å². The van der Waals surface area contributed by atoms with Crippen molar-refractivity contribution in [2.75, 3.05) is 19.7 Å². The Morgan fingerprint density at radius 1 is 1.04 bits per heavy atom. The molecule has 25 heavy (non-hydrogen) atoms. The standard InChI is InChI=1S/C20H21NO4/c22-18(23)13-17-14-21(11-12-25-17)20(24)19(15-7-3-1-4-8-15)16-9-5-2-6-10-16/h1-10,17,19H,11-14H2,(H,22,23). The van der Waals surface area contributed by atoms with Gasteiger partial charge in [0.15, 0.2) is 0 Å². The van der Waals surface area contributed by atoms with Gasteiger partial charge in [-0.05, 0) is 11.1 Å². The van der Waals surface area contributed by atoms with Gasteiger partial charge in [0.2, 0.25) is 5.91 Å². The van der Waals surface area contributed by atoms with E-state index in [-0.39, 0.29) is 12.3 Å². The molecule has 1 fully saturated rings. The molecule has 3 rings (SSSR count). The van der Waals surface area contributed by atoms with Crippen LogP contribution in [0.5, 0.6) is 0 Å². The van der Waals surface area contributed by atoms with Gasteiger partial charge in [-0.25, -0.2) is 0 Å². The summed E-state index contributed by atoms with van der Waals surface area (Å²) in [6, 6.07) is 19.3. The first-order valence-electron chi connectivity index (χ1n) is 8.37. The molecule has 0 spiro atoms. The Morgan fingerprint density at radius 2 is 1.60 bits per heavy atom. The van der Waals surface area contributed by atoms with Crippen molar-refractivity contribution in [1.82, 2.24) is 4.90 Å². The molecule has 1 aliphatic rings. The molecule has 130 valence electrons. The lowest BCUT2D eigenvalue weighted by molar-refractivity contribution is -0.148. The molecule has 1 atom stereocenters. The highest BCUT2D eigenvalue weighted by Gasteiger charge is 2.31. The highest BCUT2D eigenvalue weighted by atomic mass is 16.5. The number of carboxylic acids is 1. The average molecular weight is 339 g/mol. The molecule has 5 nitrogen and oxygen atoms in total. The van der Waals surface area contributed by atoms with Gasteiger partial charge in [-0.2, -0.15) is 0 Å². The molecule has 1 aliphatic heterocycles. The number of morpholine rings is 1. The minimum absolute atomic E-state index is 0.0175. The maximum absolute atomic E-state index is 13.3. The second kappa shape index (κ2) is 7.94. The lowest BCUT2D eigenvalue weighted by Gasteiger charge is -2.35. The summed E-state index contributed by atoms with van der Waals surface area (Å²) in [6.45, 7) is 1.15. The molecule has 1 amide bonds. The fraction of sp³-hybridized carbons (Fsp3) is 0.300. The third kappa shape index (κ3) is 4.25. The van der Waals surface area contributed by atoms with Crippen LogP contribution in [0.25, 0.3) is 0 Å². The van der Waals surface area contributed by atoms with Gasteiger partial charge in [0.05, 0.1) is 25.0 Å². The molecular formula is C20H21NO4. The number of amides is 1. The van der Waals surface area contributed by atoms with E-state index in [1.165, 1.54) is 0 Å². The number of ether oxygens (including phenoxy) is 1. The number of hydrogen-bond acceptors (Lipinski definition) is 3. The number of carboxylic acid groups (broad SMARTS) is 1. The Labute approximate surface area is 146 Å². The first-order chi connectivity index (χ1) is 12.1. The summed E-state index contributed by atoms with van der Waals surface area (Å²) in [5, 5.41) is 8.97. The maximum Gasteiger partial charge on any atom is 0.306 e. The summed E-state index contributed by atoms with van der Waals surface area (Å²) in [7, 11) is 0. The summed E-state index contributed by atoms with van der Waals surface area (Å²) in [5.41, 5.74) is 1.86. The number of carbonyl (C=O) groups is 2. The number of benzene rings is 2. The summed E-state index contributed by atoms with van der Waals surface area (Å²) in [5.74, 6) is -1.33. The van der Waals surface area contributed by atoms with Crippen LogP contribution in [0, 0.1) is 0 Å². The Balaban J connectivity index is 1.86. The van der Waals surface area contributed by atoms with Crippen molar-refractivity contribution < 1.29 is 19.4 Å². The Kier molecular flexibility index (Phi) is 5.46. The van der Waals surface area contributed by atoms with Gasteiger partial charge in [-0.3, -0.25) is 9.59 Å². The minimum Gasteiger partial charge on any atom is -0.481 e. The smallest absolute Gasteiger partial charge is 0.306 e. The predicted octanol–water partition coefficient (Wildman–Crippen LogP) is 2.52. The van der Waals surface area contributed by atoms with Crippen LogP contribution in [-0.2, 0) is 14.3 Å². The van der Waals surface area contributed by atoms with Crippen LogP contribution in [0.4, 0.5) is 0 Å². The van der Waals surface area contributed by atoms with Gasteiger partial charge in [0, 0.05) is 13.1 Å². The lowest BCUT2D eigenvalue weighted by Crippen LogP contribution is -2.48. The number of hydrogen-bond donors (Lipinski definition) is 1. The zero-order valence-corrected chi connectivity index (χ0v) is 13.9. The molecule has 0 radical (unpaired) electrons. The minimum atomic E-state index is -0.915. The molecule has 1 N–H and O–H groups in total. The monoisotopic (exact) mass is 339 g/mol. The molecule has 1 saturated heterocycles. The van der Waals surface area contributed by atoms with Crippen molar-refractivity contribution in [2.45, 2.75) is 18.4 Å². The fourth-order valence-electron chi connectivity index (χ4n) is 3.19. The molecule has 5 heteroatoms. The van der Waals surface area contributed by atoms with E-state index < -0.39 is 18.0 Å². The van der Waals surface area contributed by atoms with Crippen molar-refractivity contribution in [2.24, 2.45) is 0 Å². The summed E-state index contributed by atoms with van der Waals surface area (Å²) in [4.78, 5) is 25.9. The average Bonchev–Trinajstić information content (AvgIpc) is 2.63. The topological polar surface area (TPSA) is 66.8 Å². The molecule has 0 aromatic heterocycles. The van der Waals surface area contributed by atoms with Gasteiger partial charge in [0.1, 0.15) is 0 Å². The van der Waals surface area contributed by atoms with Crippen molar-refractivity contribution in [3.8, 4) is 0 Å². The van der Waals surface area contributed by atoms with E-state index in [1.54, 1.807) is 4.90 Å². The van der Waals surface area contributed by atoms with Crippen molar-refractivity contribution in [3.05, 3.63) is 71.8 Å². The second-order valence-electron chi connectivity index (χ2n) is 6.13. The number of carbonyl (C=O) groups excluding carboxylic acids is 1. The zero-order chi connectivity index (χ0) is 17.6. The van der Waals surface area contributed by atoms with Crippen molar-refractivity contribution in [1.29, 1.82) is 0 Å². The third-order valence-electron chi connectivity index (χ3n) is 4.37. The van der Waals surface area contributed by atoms with Gasteiger partial charge in [0.25, 0.3) is 0 Å². The molecular weight excluding hydrogens is 318 g/mol. The van der Waals surface area contributed by atoms with E-state index in [4.69, 9.17) is 9.84 Å². The molecule has 0 saturated carbocycles. The zero-order valence-electron chi connectivity index (χ0n) is 13.9. The van der Waals surface area contributed by atoms with Crippen molar-refractivity contribution in [3.63, 3.8) is 0 Å². The summed E-state index contributed by atoms with van der Waals surface area (Å²) < 4.78 is 5.49. The highest BCUT2D eigenvalue weighted by molar-refractivity contribution is 5.87. The summed E-state index contributed by atoms with van der Waals surface area (Å²) >= 11 is 0. The van der Waals surface area contributed by atoms with E-state index >= 15 is 0 Å². The molecule has 2 aromatic rings. The maximum atomic E-state index is 13.3. The highest BCUT2D eigenvalue weighted by Crippen LogP contribution is 2.27. The van der Waals surface area contributed by atoms with Gasteiger partial charge in [-0.15, -0.1) is 0 Å². The normalized spacial score (nSPS) is 17.5. The lowest BCUT2D eigenvalue weighted by atomic mass is 9.89. The van der Waals surface area contributed by atoms with Crippen LogP contribution in [0.15, 0.2) is 60.7 Å². The fourth-order valence-corrected chi connectivity index (χ4v) is 3.19. The Bertz CT molecular complexity index is 677. The molecule has 1 unspecified atom stereocenters. The largest absolute Gasteiger partial charge is 0.481 e. The van der Waals surface area contributed by atoms with Crippen LogP contribution >= 0.6 is 0 Å². The van der Waals surface area contributed by atoms with Gasteiger partial charge in [-0.1, -0.05) is 60.7 Å². The molecule has 0 bridgehead atoms. The first kappa shape index (κ1) is 17.2. The van der Waals surface area contributed by atoms with Crippen LogP contribution < -0.4 is 0 Å². The van der Waals surface area contributed by atoms with Crippen LogP contribution in [0.2, 0.25) is 0 Å². The quantitative estimate of drug-likeness (QED) is 0.909. The second-order valence-corrected chi connectivity index (χ2v) is 6.13. The van der Waals surface area contributed by atoms with E-state index in [9.17, 15) is 9.59 Å². The number of nitrogens with zero attached hydrogens (tertiary/aromatic N) is 1. The van der Waals surface area contributed by atoms with Crippen molar-refractivity contribution >= 4 is 11.9 Å².